The van der Waals surface area contributed by atoms with Crippen molar-refractivity contribution in [3.8, 4) is 5.75 Å². The number of aromatic hydroxyl groups is 1. The van der Waals surface area contributed by atoms with Crippen LogP contribution in [-0.2, 0) is 0 Å². The molecule has 144 valence electrons. The Hall–Kier alpha value is -1.24. The quantitative estimate of drug-likeness (QED) is 0.500. The van der Waals surface area contributed by atoms with E-state index in [9.17, 15) is 5.11 Å². The number of hydrogen-bond acceptors (Lipinski definition) is 1. The lowest BCUT2D eigenvalue weighted by atomic mass is 9.68. The predicted molar refractivity (Wildman–Crippen MR) is 112 cm³/mol. The Balaban J connectivity index is 1.37. The van der Waals surface area contributed by atoms with Crippen LogP contribution in [0.2, 0.25) is 0 Å². The third kappa shape index (κ3) is 5.89. The first-order chi connectivity index (χ1) is 12.7. The van der Waals surface area contributed by atoms with Gasteiger partial charge in [0.2, 0.25) is 0 Å². The van der Waals surface area contributed by atoms with Crippen LogP contribution in [0.25, 0.3) is 6.08 Å². The molecule has 1 aromatic rings. The number of allylic oxidation sites excluding steroid dienone is 1. The number of phenolic OH excluding ortho intramolecular Hbond substituents is 1. The molecule has 2 aliphatic rings. The number of hydrogen-bond donors (Lipinski definition) is 1. The Labute approximate surface area is 160 Å². The Kier molecular flexibility index (Phi) is 7.65. The van der Waals surface area contributed by atoms with E-state index < -0.39 is 0 Å². The maximum atomic E-state index is 9.37. The van der Waals surface area contributed by atoms with E-state index in [2.05, 4.69) is 19.1 Å². The summed E-state index contributed by atoms with van der Waals surface area (Å²) >= 11 is 0. The van der Waals surface area contributed by atoms with Crippen LogP contribution in [0.4, 0.5) is 0 Å². The summed E-state index contributed by atoms with van der Waals surface area (Å²) in [6.07, 6.45) is 22.1. The van der Waals surface area contributed by atoms with Gasteiger partial charge in [0.05, 0.1) is 0 Å². The van der Waals surface area contributed by atoms with Gasteiger partial charge in [-0.3, -0.25) is 0 Å². The van der Waals surface area contributed by atoms with Gasteiger partial charge in [-0.1, -0.05) is 69.7 Å². The Morgan fingerprint density at radius 3 is 2.08 bits per heavy atom. The van der Waals surface area contributed by atoms with Crippen molar-refractivity contribution >= 4 is 6.08 Å². The van der Waals surface area contributed by atoms with Gasteiger partial charge in [0.1, 0.15) is 5.75 Å². The summed E-state index contributed by atoms with van der Waals surface area (Å²) in [6, 6.07) is 7.54. The van der Waals surface area contributed by atoms with Crippen molar-refractivity contribution in [2.24, 2.45) is 23.7 Å². The first-order valence-electron chi connectivity index (χ1n) is 11.2. The lowest BCUT2D eigenvalue weighted by Crippen LogP contribution is -2.25. The molecule has 1 heteroatoms. The predicted octanol–water partition coefficient (Wildman–Crippen LogP) is 7.60. The second-order valence-corrected chi connectivity index (χ2v) is 8.90. The Morgan fingerprint density at radius 1 is 0.846 bits per heavy atom. The largest absolute Gasteiger partial charge is 0.508 e. The number of rotatable bonds is 7. The lowest BCUT2D eigenvalue weighted by molar-refractivity contribution is 0.151. The minimum absolute atomic E-state index is 0.350. The summed E-state index contributed by atoms with van der Waals surface area (Å²) in [6.45, 7) is 2.31. The molecular formula is C25H38O. The molecule has 0 saturated heterocycles. The second-order valence-electron chi connectivity index (χ2n) is 8.90. The fourth-order valence-electron chi connectivity index (χ4n) is 5.27. The molecule has 3 rings (SSSR count). The molecular weight excluding hydrogens is 316 g/mol. The van der Waals surface area contributed by atoms with E-state index in [0.717, 1.165) is 23.7 Å². The monoisotopic (exact) mass is 354 g/mol. The van der Waals surface area contributed by atoms with Crippen LogP contribution in [0, 0.1) is 23.7 Å². The molecule has 0 radical (unpaired) electrons. The van der Waals surface area contributed by atoms with Crippen LogP contribution in [0.3, 0.4) is 0 Å². The fourth-order valence-corrected chi connectivity index (χ4v) is 5.27. The smallest absolute Gasteiger partial charge is 0.115 e. The molecule has 0 aromatic heterocycles. The van der Waals surface area contributed by atoms with E-state index in [-0.39, 0.29) is 0 Å². The van der Waals surface area contributed by atoms with E-state index in [1.54, 1.807) is 12.1 Å². The molecule has 1 aromatic carbocycles. The average Bonchev–Trinajstić information content (AvgIpc) is 2.69. The molecule has 0 heterocycles. The molecule has 1 N–H and O–H groups in total. The summed E-state index contributed by atoms with van der Waals surface area (Å²) in [5, 5.41) is 9.37. The number of phenols is 1. The summed E-state index contributed by atoms with van der Waals surface area (Å²) < 4.78 is 0. The molecule has 2 fully saturated rings. The molecule has 0 amide bonds. The minimum Gasteiger partial charge on any atom is -0.508 e. The Bertz CT molecular complexity index is 528. The summed E-state index contributed by atoms with van der Waals surface area (Å²) in [5.41, 5.74) is 1.20. The van der Waals surface area contributed by atoms with Crippen LogP contribution < -0.4 is 0 Å². The summed E-state index contributed by atoms with van der Waals surface area (Å²) in [4.78, 5) is 0. The van der Waals surface area contributed by atoms with Crippen molar-refractivity contribution in [2.75, 3.05) is 0 Å². The number of unbranched alkanes of at least 4 members (excludes halogenated alkanes) is 2. The van der Waals surface area contributed by atoms with Crippen molar-refractivity contribution in [3.05, 3.63) is 35.9 Å². The molecule has 2 aliphatic carbocycles. The first-order valence-corrected chi connectivity index (χ1v) is 11.2. The first kappa shape index (κ1) is 19.5. The normalized spacial score (nSPS) is 29.9. The van der Waals surface area contributed by atoms with Crippen molar-refractivity contribution in [1.82, 2.24) is 0 Å². The van der Waals surface area contributed by atoms with Gasteiger partial charge in [-0.05, 0) is 79.9 Å². The van der Waals surface area contributed by atoms with Crippen molar-refractivity contribution in [3.63, 3.8) is 0 Å². The van der Waals surface area contributed by atoms with E-state index in [4.69, 9.17) is 0 Å². The highest BCUT2D eigenvalue weighted by atomic mass is 16.3. The zero-order valence-electron chi connectivity index (χ0n) is 16.7. The SMILES string of the molecule is CCCCCC1CCC(C2CCC(C=Cc3ccc(O)cc3)CC2)CC1. The molecule has 0 atom stereocenters. The fraction of sp³-hybridized carbons (Fsp3) is 0.680. The lowest BCUT2D eigenvalue weighted by Gasteiger charge is -2.37. The van der Waals surface area contributed by atoms with Crippen LogP contribution in [-0.4, -0.2) is 5.11 Å². The van der Waals surface area contributed by atoms with E-state index in [1.807, 2.05) is 12.1 Å². The standard InChI is InChI=1S/C25H38O/c1-2-3-4-5-20-8-14-23(15-9-20)24-16-10-21(11-17-24)6-7-22-12-18-25(26)19-13-22/h6-7,12-13,18-21,23-24,26H,2-5,8-11,14-17H2,1H3. The van der Waals surface area contributed by atoms with Gasteiger partial charge < -0.3 is 5.11 Å². The van der Waals surface area contributed by atoms with Gasteiger partial charge in [0.25, 0.3) is 0 Å². The van der Waals surface area contributed by atoms with E-state index >= 15 is 0 Å². The van der Waals surface area contributed by atoms with Gasteiger partial charge in [0, 0.05) is 0 Å². The third-order valence-electron chi connectivity index (χ3n) is 7.04. The zero-order valence-corrected chi connectivity index (χ0v) is 16.7. The van der Waals surface area contributed by atoms with Crippen LogP contribution in [0.15, 0.2) is 30.3 Å². The van der Waals surface area contributed by atoms with Crippen molar-refractivity contribution < 1.29 is 5.11 Å². The van der Waals surface area contributed by atoms with Crippen LogP contribution >= 0.6 is 0 Å². The van der Waals surface area contributed by atoms with E-state index in [1.165, 1.54) is 82.6 Å². The third-order valence-corrected chi connectivity index (χ3v) is 7.04. The van der Waals surface area contributed by atoms with Gasteiger partial charge >= 0.3 is 0 Å². The second kappa shape index (κ2) is 10.2. The summed E-state index contributed by atoms with van der Waals surface area (Å²) in [5.74, 6) is 4.18. The van der Waals surface area contributed by atoms with Crippen molar-refractivity contribution in [1.29, 1.82) is 0 Å². The van der Waals surface area contributed by atoms with Gasteiger partial charge in [-0.2, -0.15) is 0 Å². The molecule has 0 unspecified atom stereocenters. The maximum absolute atomic E-state index is 9.37. The van der Waals surface area contributed by atoms with Gasteiger partial charge in [0.15, 0.2) is 0 Å². The number of benzene rings is 1. The molecule has 2 saturated carbocycles. The van der Waals surface area contributed by atoms with Gasteiger partial charge in [-0.15, -0.1) is 0 Å². The molecule has 26 heavy (non-hydrogen) atoms. The van der Waals surface area contributed by atoms with Crippen molar-refractivity contribution in [2.45, 2.75) is 84.0 Å². The molecule has 0 aliphatic heterocycles. The molecule has 1 nitrogen and oxygen atoms in total. The van der Waals surface area contributed by atoms with Crippen LogP contribution in [0.1, 0.15) is 89.5 Å². The highest BCUT2D eigenvalue weighted by molar-refractivity contribution is 5.50. The van der Waals surface area contributed by atoms with Gasteiger partial charge in [-0.25, -0.2) is 0 Å². The van der Waals surface area contributed by atoms with E-state index in [0.29, 0.717) is 5.75 Å². The minimum atomic E-state index is 0.350. The highest BCUT2D eigenvalue weighted by Gasteiger charge is 2.30. The molecule has 0 bridgehead atoms. The maximum Gasteiger partial charge on any atom is 0.115 e. The van der Waals surface area contributed by atoms with Crippen LogP contribution in [0.5, 0.6) is 5.75 Å². The highest BCUT2D eigenvalue weighted by Crippen LogP contribution is 2.42. The molecule has 0 spiro atoms. The Morgan fingerprint density at radius 2 is 1.46 bits per heavy atom. The zero-order chi connectivity index (χ0) is 18.2. The topological polar surface area (TPSA) is 20.2 Å². The summed E-state index contributed by atoms with van der Waals surface area (Å²) in [7, 11) is 0. The average molecular weight is 355 g/mol.